The van der Waals surface area contributed by atoms with Gasteiger partial charge in [-0.15, -0.1) is 11.3 Å². The van der Waals surface area contributed by atoms with Crippen LogP contribution < -0.4 is 21.5 Å². The number of thiophene rings is 1. The number of hydrogen-bond acceptors (Lipinski definition) is 8. The van der Waals surface area contributed by atoms with Gasteiger partial charge in [-0.2, -0.15) is 0 Å². The molecule has 0 saturated carbocycles. The molecule has 0 aliphatic carbocycles. The number of nitrogens with zero attached hydrogens (tertiary/aromatic N) is 5. The largest absolute Gasteiger partial charge is 0.365 e. The monoisotopic (exact) mass is 435 g/mol. The van der Waals surface area contributed by atoms with Gasteiger partial charge in [-0.25, -0.2) is 14.8 Å². The van der Waals surface area contributed by atoms with Crippen LogP contribution in [0, 0.1) is 0 Å². The maximum absolute atomic E-state index is 12.2. The summed E-state index contributed by atoms with van der Waals surface area (Å²) in [5.74, 6) is 1.91. The van der Waals surface area contributed by atoms with Crippen molar-refractivity contribution in [2.75, 3.05) is 23.3 Å². The Bertz CT molecular complexity index is 1310. The number of pyridine rings is 1. The van der Waals surface area contributed by atoms with E-state index in [1.54, 1.807) is 24.5 Å². The Morgan fingerprint density at radius 2 is 2.16 bits per heavy atom. The van der Waals surface area contributed by atoms with Gasteiger partial charge in [0.25, 0.3) is 5.56 Å². The molecule has 9 nitrogen and oxygen atoms in total. The molecule has 4 aromatic heterocycles. The summed E-state index contributed by atoms with van der Waals surface area (Å²) in [5, 5.41) is 6.52. The molecule has 0 aromatic carbocycles. The Morgan fingerprint density at radius 3 is 2.94 bits per heavy atom. The van der Waals surface area contributed by atoms with E-state index in [2.05, 4.69) is 20.3 Å². The predicted molar refractivity (Wildman–Crippen MR) is 122 cm³/mol. The van der Waals surface area contributed by atoms with E-state index >= 15 is 0 Å². The summed E-state index contributed by atoms with van der Waals surface area (Å²) in [6.07, 6.45) is 2.58. The Balaban J connectivity index is 1.41. The lowest BCUT2D eigenvalue weighted by Crippen LogP contribution is -2.37. The highest BCUT2D eigenvalue weighted by molar-refractivity contribution is 7.16. The fourth-order valence-corrected chi connectivity index (χ4v) is 4.61. The predicted octanol–water partition coefficient (Wildman–Crippen LogP) is 2.31. The summed E-state index contributed by atoms with van der Waals surface area (Å²) in [6, 6.07) is 9.30. The molecule has 0 unspecified atom stereocenters. The molecule has 5 heterocycles. The number of aromatic nitrogens is 5. The molecule has 0 bridgehead atoms. The van der Waals surface area contributed by atoms with Crippen LogP contribution >= 0.6 is 11.3 Å². The maximum atomic E-state index is 12.2. The first-order valence-electron chi connectivity index (χ1n) is 10.1. The van der Waals surface area contributed by atoms with E-state index in [0.29, 0.717) is 24.7 Å². The second-order valence-corrected chi connectivity index (χ2v) is 8.26. The number of anilines is 2. The zero-order valence-electron chi connectivity index (χ0n) is 16.9. The molecule has 31 heavy (non-hydrogen) atoms. The summed E-state index contributed by atoms with van der Waals surface area (Å²) < 4.78 is 1.18. The third-order valence-corrected chi connectivity index (χ3v) is 6.22. The Kier molecular flexibility index (Phi) is 4.99. The van der Waals surface area contributed by atoms with E-state index in [4.69, 9.17) is 4.98 Å². The third-order valence-electron chi connectivity index (χ3n) is 5.41. The number of hydrogen-bond donors (Lipinski definition) is 2. The second kappa shape index (κ2) is 7.95. The molecule has 158 valence electrons. The van der Waals surface area contributed by atoms with Crippen molar-refractivity contribution in [1.29, 1.82) is 0 Å². The summed E-state index contributed by atoms with van der Waals surface area (Å²) in [5.41, 5.74) is 0.0635. The first-order valence-corrected chi connectivity index (χ1v) is 11.0. The van der Waals surface area contributed by atoms with E-state index in [1.807, 2.05) is 34.5 Å². The minimum absolute atomic E-state index is 0.117. The number of rotatable bonds is 5. The van der Waals surface area contributed by atoms with Gasteiger partial charge >= 0.3 is 5.69 Å². The standard InChI is InChI=1S/C21H21N7O2S/c1-2-28-17(29)11-16(24-21(28)30)27-9-6-13(12-27)23-18-14-7-10-31-20(14)26-19(25-18)15-5-3-4-8-22-15/h3-5,7-8,10-11,13H,2,6,9,12H2,1H3,(H,24,30)(H,23,25,26)/t13-/m0/s1. The van der Waals surface area contributed by atoms with E-state index < -0.39 is 0 Å². The van der Waals surface area contributed by atoms with Gasteiger partial charge in [-0.1, -0.05) is 6.07 Å². The molecule has 1 aliphatic heterocycles. The summed E-state index contributed by atoms with van der Waals surface area (Å²) in [7, 11) is 0. The van der Waals surface area contributed by atoms with Crippen LogP contribution in [-0.2, 0) is 6.54 Å². The smallest absolute Gasteiger partial charge is 0.329 e. The molecule has 1 fully saturated rings. The summed E-state index contributed by atoms with van der Waals surface area (Å²) >= 11 is 1.57. The molecule has 1 aliphatic rings. The lowest BCUT2D eigenvalue weighted by atomic mass is 10.2. The van der Waals surface area contributed by atoms with E-state index in [0.717, 1.165) is 34.7 Å². The van der Waals surface area contributed by atoms with Crippen LogP contribution in [-0.4, -0.2) is 43.6 Å². The van der Waals surface area contributed by atoms with Gasteiger partial charge in [0.2, 0.25) is 0 Å². The van der Waals surface area contributed by atoms with E-state index in [1.165, 1.54) is 10.6 Å². The Morgan fingerprint density at radius 1 is 1.26 bits per heavy atom. The van der Waals surface area contributed by atoms with Crippen molar-refractivity contribution in [2.45, 2.75) is 25.9 Å². The van der Waals surface area contributed by atoms with Gasteiger partial charge < -0.3 is 10.2 Å². The summed E-state index contributed by atoms with van der Waals surface area (Å²) in [4.78, 5) is 43.9. The highest BCUT2D eigenvalue weighted by atomic mass is 32.1. The average molecular weight is 436 g/mol. The van der Waals surface area contributed by atoms with Gasteiger partial charge in [-0.3, -0.25) is 19.3 Å². The minimum atomic E-state index is -0.378. The number of H-pyrrole nitrogens is 1. The third kappa shape index (κ3) is 3.70. The Hall–Kier alpha value is -3.53. The average Bonchev–Trinajstić information content (AvgIpc) is 3.44. The van der Waals surface area contributed by atoms with Crippen molar-refractivity contribution in [3.05, 3.63) is 62.7 Å². The quantitative estimate of drug-likeness (QED) is 0.495. The highest BCUT2D eigenvalue weighted by Crippen LogP contribution is 2.29. The van der Waals surface area contributed by atoms with Crippen molar-refractivity contribution in [3.8, 4) is 11.5 Å². The molecule has 10 heteroatoms. The molecule has 0 amide bonds. The van der Waals surface area contributed by atoms with Crippen LogP contribution in [0.4, 0.5) is 11.6 Å². The van der Waals surface area contributed by atoms with E-state index in [-0.39, 0.29) is 17.3 Å². The SMILES string of the molecule is CCn1c(=O)cc(N2CC[C@H](Nc3nc(-c4ccccn4)nc4sccc34)C2)[nH]c1=O. The second-order valence-electron chi connectivity index (χ2n) is 7.37. The van der Waals surface area contributed by atoms with Crippen molar-refractivity contribution in [2.24, 2.45) is 0 Å². The number of aromatic amines is 1. The lowest BCUT2D eigenvalue weighted by molar-refractivity contribution is 0.669. The van der Waals surface area contributed by atoms with Crippen LogP contribution in [0.2, 0.25) is 0 Å². The topological polar surface area (TPSA) is 109 Å². The molecule has 4 aromatic rings. The molecule has 1 saturated heterocycles. The zero-order chi connectivity index (χ0) is 21.4. The first kappa shape index (κ1) is 19.4. The zero-order valence-corrected chi connectivity index (χ0v) is 17.7. The van der Waals surface area contributed by atoms with Gasteiger partial charge in [0.05, 0.1) is 5.39 Å². The number of nitrogens with one attached hydrogen (secondary N) is 2. The normalized spacial score (nSPS) is 16.2. The Labute approximate surface area is 181 Å². The van der Waals surface area contributed by atoms with Gasteiger partial charge in [0.1, 0.15) is 22.2 Å². The molecule has 0 radical (unpaired) electrons. The van der Waals surface area contributed by atoms with Crippen molar-refractivity contribution < 1.29 is 0 Å². The molecular weight excluding hydrogens is 414 g/mol. The van der Waals surface area contributed by atoms with Crippen molar-refractivity contribution >= 4 is 33.2 Å². The van der Waals surface area contributed by atoms with Crippen molar-refractivity contribution in [3.63, 3.8) is 0 Å². The fourth-order valence-electron chi connectivity index (χ4n) is 3.84. The van der Waals surface area contributed by atoms with Crippen LogP contribution in [0.15, 0.2) is 51.5 Å². The van der Waals surface area contributed by atoms with Crippen LogP contribution in [0.25, 0.3) is 21.7 Å². The van der Waals surface area contributed by atoms with Crippen LogP contribution in [0.3, 0.4) is 0 Å². The molecule has 0 spiro atoms. The molecule has 5 rings (SSSR count). The fraction of sp³-hybridized carbons (Fsp3) is 0.286. The van der Waals surface area contributed by atoms with Crippen LogP contribution in [0.5, 0.6) is 0 Å². The number of fused-ring (bicyclic) bond motifs is 1. The lowest BCUT2D eigenvalue weighted by Gasteiger charge is -2.19. The minimum Gasteiger partial charge on any atom is -0.365 e. The van der Waals surface area contributed by atoms with Crippen molar-refractivity contribution in [1.82, 2.24) is 24.5 Å². The summed E-state index contributed by atoms with van der Waals surface area (Å²) in [6.45, 7) is 3.51. The molecule has 2 N–H and O–H groups in total. The molecular formula is C21H21N7O2S. The van der Waals surface area contributed by atoms with Crippen LogP contribution in [0.1, 0.15) is 13.3 Å². The van der Waals surface area contributed by atoms with Gasteiger partial charge in [0.15, 0.2) is 5.82 Å². The maximum Gasteiger partial charge on any atom is 0.329 e. The van der Waals surface area contributed by atoms with Gasteiger partial charge in [0, 0.05) is 37.9 Å². The first-order chi connectivity index (χ1) is 15.1. The molecule has 1 atom stereocenters. The van der Waals surface area contributed by atoms with Gasteiger partial charge in [-0.05, 0) is 36.9 Å². The van der Waals surface area contributed by atoms with E-state index in [9.17, 15) is 9.59 Å². The highest BCUT2D eigenvalue weighted by Gasteiger charge is 2.25.